The van der Waals surface area contributed by atoms with E-state index in [0.29, 0.717) is 12.5 Å². The van der Waals surface area contributed by atoms with Crippen molar-refractivity contribution in [3.8, 4) is 0 Å². The predicted molar refractivity (Wildman–Crippen MR) is 43.9 cm³/mol. The molecule has 70 valence electrons. The lowest BCUT2D eigenvalue weighted by Gasteiger charge is -2.26. The van der Waals surface area contributed by atoms with Crippen molar-refractivity contribution in [1.29, 1.82) is 0 Å². The molecule has 0 amide bonds. The van der Waals surface area contributed by atoms with Crippen LogP contribution in [0.25, 0.3) is 0 Å². The molecule has 0 bridgehead atoms. The maximum Gasteiger partial charge on any atom is 0.305 e. The summed E-state index contributed by atoms with van der Waals surface area (Å²) in [6.45, 7) is 2.47. The standard InChI is InChI=1S/C8H15NO3/c1-11-8(10)3-2-4-9-7-5-12-6-7/h7,9H,2-6H2,1H3. The number of hydrogen-bond donors (Lipinski definition) is 1. The Labute approximate surface area is 72.2 Å². The lowest BCUT2D eigenvalue weighted by molar-refractivity contribution is -0.140. The zero-order valence-electron chi connectivity index (χ0n) is 7.34. The fourth-order valence-corrected chi connectivity index (χ4v) is 0.995. The van der Waals surface area contributed by atoms with Gasteiger partial charge in [0, 0.05) is 6.42 Å². The highest BCUT2D eigenvalue weighted by Gasteiger charge is 2.16. The molecular weight excluding hydrogens is 158 g/mol. The molecule has 1 aliphatic heterocycles. The molecule has 12 heavy (non-hydrogen) atoms. The topological polar surface area (TPSA) is 47.6 Å². The van der Waals surface area contributed by atoms with Crippen molar-refractivity contribution in [2.45, 2.75) is 18.9 Å². The van der Waals surface area contributed by atoms with E-state index in [4.69, 9.17) is 4.74 Å². The molecular formula is C8H15NO3. The largest absolute Gasteiger partial charge is 0.469 e. The Hall–Kier alpha value is -0.610. The predicted octanol–water partition coefficient (Wildman–Crippen LogP) is -0.0720. The van der Waals surface area contributed by atoms with Crippen LogP contribution >= 0.6 is 0 Å². The molecule has 1 rings (SSSR count). The van der Waals surface area contributed by atoms with Gasteiger partial charge in [-0.1, -0.05) is 0 Å². The van der Waals surface area contributed by atoms with Crippen LogP contribution in [0, 0.1) is 0 Å². The first-order valence-electron chi connectivity index (χ1n) is 4.21. The van der Waals surface area contributed by atoms with E-state index in [2.05, 4.69) is 10.1 Å². The molecule has 0 unspecified atom stereocenters. The lowest BCUT2D eigenvalue weighted by Crippen LogP contribution is -2.46. The maximum atomic E-state index is 10.7. The van der Waals surface area contributed by atoms with Crippen LogP contribution in [0.1, 0.15) is 12.8 Å². The lowest BCUT2D eigenvalue weighted by atomic mass is 10.2. The Morgan fingerprint density at radius 1 is 1.67 bits per heavy atom. The second-order valence-electron chi connectivity index (χ2n) is 2.87. The molecule has 0 atom stereocenters. The smallest absolute Gasteiger partial charge is 0.305 e. The number of carbonyl (C=O) groups is 1. The molecule has 0 aromatic rings. The second kappa shape index (κ2) is 5.11. The van der Waals surface area contributed by atoms with E-state index in [9.17, 15) is 4.79 Å². The Kier molecular flexibility index (Phi) is 4.04. The monoisotopic (exact) mass is 173 g/mol. The normalized spacial score (nSPS) is 17.1. The van der Waals surface area contributed by atoms with Crippen LogP contribution < -0.4 is 5.32 Å². The number of methoxy groups -OCH3 is 1. The molecule has 0 saturated carbocycles. The van der Waals surface area contributed by atoms with Crippen LogP contribution in [0.5, 0.6) is 0 Å². The molecule has 4 nitrogen and oxygen atoms in total. The third kappa shape index (κ3) is 3.19. The highest BCUT2D eigenvalue weighted by atomic mass is 16.5. The molecule has 0 aliphatic carbocycles. The number of esters is 1. The molecule has 0 aromatic carbocycles. The van der Waals surface area contributed by atoms with Crippen LogP contribution in [0.3, 0.4) is 0 Å². The van der Waals surface area contributed by atoms with Gasteiger partial charge in [-0.3, -0.25) is 4.79 Å². The number of rotatable bonds is 5. The molecule has 1 aliphatic rings. The number of carbonyl (C=O) groups excluding carboxylic acids is 1. The van der Waals surface area contributed by atoms with Gasteiger partial charge in [0.25, 0.3) is 0 Å². The summed E-state index contributed by atoms with van der Waals surface area (Å²) in [6.07, 6.45) is 1.33. The third-order valence-corrected chi connectivity index (χ3v) is 1.86. The van der Waals surface area contributed by atoms with Crippen LogP contribution in [-0.2, 0) is 14.3 Å². The summed E-state index contributed by atoms with van der Waals surface area (Å²) < 4.78 is 9.49. The van der Waals surface area contributed by atoms with E-state index >= 15 is 0 Å². The summed E-state index contributed by atoms with van der Waals surface area (Å²) in [7, 11) is 1.41. The highest BCUT2D eigenvalue weighted by Crippen LogP contribution is 1.99. The minimum Gasteiger partial charge on any atom is -0.469 e. The quantitative estimate of drug-likeness (QED) is 0.467. The number of hydrogen-bond acceptors (Lipinski definition) is 4. The Bertz CT molecular complexity index is 145. The van der Waals surface area contributed by atoms with Crippen LogP contribution in [0.2, 0.25) is 0 Å². The van der Waals surface area contributed by atoms with Crippen molar-refractivity contribution in [2.75, 3.05) is 26.9 Å². The first-order chi connectivity index (χ1) is 5.83. The van der Waals surface area contributed by atoms with Crippen molar-refractivity contribution >= 4 is 5.97 Å². The summed E-state index contributed by atoms with van der Waals surface area (Å²) in [5.74, 6) is -0.137. The van der Waals surface area contributed by atoms with E-state index in [-0.39, 0.29) is 5.97 Å². The van der Waals surface area contributed by atoms with Gasteiger partial charge in [-0.2, -0.15) is 0 Å². The molecule has 0 spiro atoms. The summed E-state index contributed by atoms with van der Waals surface area (Å²) in [4.78, 5) is 10.7. The van der Waals surface area contributed by atoms with Gasteiger partial charge in [0.05, 0.1) is 26.4 Å². The molecule has 1 saturated heterocycles. The van der Waals surface area contributed by atoms with E-state index in [0.717, 1.165) is 26.2 Å². The minimum absolute atomic E-state index is 0.137. The maximum absolute atomic E-state index is 10.7. The fraction of sp³-hybridized carbons (Fsp3) is 0.875. The van der Waals surface area contributed by atoms with Gasteiger partial charge >= 0.3 is 5.97 Å². The van der Waals surface area contributed by atoms with E-state index < -0.39 is 0 Å². The molecule has 1 heterocycles. The van der Waals surface area contributed by atoms with Gasteiger partial charge in [0.1, 0.15) is 0 Å². The summed E-state index contributed by atoms with van der Waals surface area (Å²) in [5, 5.41) is 3.27. The first-order valence-corrected chi connectivity index (χ1v) is 4.21. The average Bonchev–Trinajstić information content (AvgIpc) is 2.00. The first kappa shape index (κ1) is 9.48. The summed E-state index contributed by atoms with van der Waals surface area (Å²) >= 11 is 0. The SMILES string of the molecule is COC(=O)CCCNC1COC1. The van der Waals surface area contributed by atoms with E-state index in [1.54, 1.807) is 0 Å². The van der Waals surface area contributed by atoms with Gasteiger partial charge in [-0.25, -0.2) is 0 Å². The van der Waals surface area contributed by atoms with Crippen LogP contribution in [0.4, 0.5) is 0 Å². The van der Waals surface area contributed by atoms with Gasteiger partial charge < -0.3 is 14.8 Å². The number of nitrogens with one attached hydrogen (secondary N) is 1. The molecule has 1 fully saturated rings. The van der Waals surface area contributed by atoms with Gasteiger partial charge in [0.2, 0.25) is 0 Å². The summed E-state index contributed by atoms with van der Waals surface area (Å²) in [6, 6.07) is 0.502. The fourth-order valence-electron chi connectivity index (χ4n) is 0.995. The van der Waals surface area contributed by atoms with Crippen molar-refractivity contribution < 1.29 is 14.3 Å². The Morgan fingerprint density at radius 2 is 2.42 bits per heavy atom. The van der Waals surface area contributed by atoms with Crippen molar-refractivity contribution in [3.05, 3.63) is 0 Å². The Balaban J connectivity index is 1.85. The van der Waals surface area contributed by atoms with E-state index in [1.165, 1.54) is 7.11 Å². The van der Waals surface area contributed by atoms with Gasteiger partial charge in [-0.15, -0.1) is 0 Å². The van der Waals surface area contributed by atoms with Crippen molar-refractivity contribution in [1.82, 2.24) is 5.32 Å². The third-order valence-electron chi connectivity index (χ3n) is 1.86. The van der Waals surface area contributed by atoms with E-state index in [1.807, 2.05) is 0 Å². The highest BCUT2D eigenvalue weighted by molar-refractivity contribution is 5.69. The van der Waals surface area contributed by atoms with Crippen molar-refractivity contribution in [3.63, 3.8) is 0 Å². The van der Waals surface area contributed by atoms with Crippen LogP contribution in [0.15, 0.2) is 0 Å². The summed E-state index contributed by atoms with van der Waals surface area (Å²) in [5.41, 5.74) is 0. The average molecular weight is 173 g/mol. The molecule has 1 N–H and O–H groups in total. The second-order valence-corrected chi connectivity index (χ2v) is 2.87. The van der Waals surface area contributed by atoms with Gasteiger partial charge in [0.15, 0.2) is 0 Å². The van der Waals surface area contributed by atoms with Crippen LogP contribution in [-0.4, -0.2) is 38.9 Å². The molecule has 4 heteroatoms. The minimum atomic E-state index is -0.137. The molecule has 0 radical (unpaired) electrons. The molecule has 0 aromatic heterocycles. The Morgan fingerprint density at radius 3 is 2.92 bits per heavy atom. The number of ether oxygens (including phenoxy) is 2. The van der Waals surface area contributed by atoms with Gasteiger partial charge in [-0.05, 0) is 13.0 Å². The van der Waals surface area contributed by atoms with Crippen molar-refractivity contribution in [2.24, 2.45) is 0 Å². The zero-order valence-corrected chi connectivity index (χ0v) is 7.34. The zero-order chi connectivity index (χ0) is 8.81.